The van der Waals surface area contributed by atoms with Crippen LogP contribution < -0.4 is 15.5 Å². The van der Waals surface area contributed by atoms with Crippen molar-refractivity contribution in [1.29, 1.82) is 0 Å². The number of benzene rings is 1. The molecule has 1 saturated carbocycles. The van der Waals surface area contributed by atoms with Crippen molar-refractivity contribution in [3.63, 3.8) is 0 Å². The van der Waals surface area contributed by atoms with Crippen LogP contribution in [0.5, 0.6) is 0 Å². The lowest BCUT2D eigenvalue weighted by atomic mass is 9.79. The van der Waals surface area contributed by atoms with Gasteiger partial charge in [0.1, 0.15) is 0 Å². The van der Waals surface area contributed by atoms with Gasteiger partial charge in [-0.1, -0.05) is 19.1 Å². The molecule has 2 atom stereocenters. The SMILES string of the molecule is CCNC(=NCc1ccc(N2CCCC2=O)cc1)NCC1(O)CCC1SCC. The molecule has 0 spiro atoms. The molecule has 2 fully saturated rings. The van der Waals surface area contributed by atoms with Crippen LogP contribution in [-0.4, -0.2) is 53.2 Å². The van der Waals surface area contributed by atoms with Crippen molar-refractivity contribution in [1.82, 2.24) is 10.6 Å². The average Bonchev–Trinajstić information content (AvgIpc) is 3.13. The third-order valence-electron chi connectivity index (χ3n) is 5.45. The van der Waals surface area contributed by atoms with Gasteiger partial charge in [0.15, 0.2) is 5.96 Å². The molecule has 0 aromatic heterocycles. The predicted octanol–water partition coefficient (Wildman–Crippen LogP) is 2.52. The first-order chi connectivity index (χ1) is 13.6. The normalized spacial score (nSPS) is 25.0. The zero-order valence-corrected chi connectivity index (χ0v) is 17.7. The summed E-state index contributed by atoms with van der Waals surface area (Å²) in [7, 11) is 0. The molecule has 1 amide bonds. The minimum atomic E-state index is -0.638. The van der Waals surface area contributed by atoms with E-state index in [1.165, 1.54) is 0 Å². The number of amides is 1. The second-order valence-electron chi connectivity index (χ2n) is 7.45. The number of carbonyl (C=O) groups is 1. The second kappa shape index (κ2) is 9.65. The fourth-order valence-corrected chi connectivity index (χ4v) is 4.89. The molecule has 28 heavy (non-hydrogen) atoms. The van der Waals surface area contributed by atoms with Crippen molar-refractivity contribution in [2.24, 2.45) is 4.99 Å². The number of nitrogens with one attached hydrogen (secondary N) is 2. The van der Waals surface area contributed by atoms with Crippen LogP contribution in [0.25, 0.3) is 0 Å². The van der Waals surface area contributed by atoms with Crippen LogP contribution in [0.3, 0.4) is 0 Å². The van der Waals surface area contributed by atoms with E-state index in [0.717, 1.165) is 55.3 Å². The molecule has 1 heterocycles. The predicted molar refractivity (Wildman–Crippen MR) is 117 cm³/mol. The fourth-order valence-electron chi connectivity index (χ4n) is 3.69. The summed E-state index contributed by atoms with van der Waals surface area (Å²) < 4.78 is 0. The average molecular weight is 405 g/mol. The van der Waals surface area contributed by atoms with Crippen molar-refractivity contribution in [2.45, 2.75) is 56.9 Å². The van der Waals surface area contributed by atoms with E-state index >= 15 is 0 Å². The summed E-state index contributed by atoms with van der Waals surface area (Å²) >= 11 is 1.83. The monoisotopic (exact) mass is 404 g/mol. The maximum absolute atomic E-state index is 11.9. The number of aliphatic imine (C=N–C) groups is 1. The standard InChI is InChI=1S/C21H32N4O2S/c1-3-22-20(24-15-21(27)12-11-18(21)28-4-2)23-14-16-7-9-17(10-8-16)25-13-5-6-19(25)26/h7-10,18,27H,3-6,11-15H2,1-2H3,(H2,22,23,24). The van der Waals surface area contributed by atoms with Crippen LogP contribution in [0, 0.1) is 0 Å². The molecule has 1 saturated heterocycles. The number of hydrogen-bond donors (Lipinski definition) is 3. The van der Waals surface area contributed by atoms with Gasteiger partial charge in [-0.15, -0.1) is 0 Å². The van der Waals surface area contributed by atoms with E-state index in [1.807, 2.05) is 47.9 Å². The molecular weight excluding hydrogens is 372 g/mol. The van der Waals surface area contributed by atoms with Crippen LogP contribution in [0.1, 0.15) is 45.1 Å². The number of carbonyl (C=O) groups excluding carboxylic acids is 1. The quantitative estimate of drug-likeness (QED) is 0.458. The van der Waals surface area contributed by atoms with Gasteiger partial charge in [0.05, 0.1) is 12.1 Å². The number of rotatable bonds is 8. The summed E-state index contributed by atoms with van der Waals surface area (Å²) in [4.78, 5) is 18.4. The fraction of sp³-hybridized carbons (Fsp3) is 0.619. The van der Waals surface area contributed by atoms with Gasteiger partial charge in [0.2, 0.25) is 5.91 Å². The van der Waals surface area contributed by atoms with Gasteiger partial charge in [-0.05, 0) is 49.6 Å². The Labute approximate surface area is 172 Å². The Morgan fingerprint density at radius 2 is 2.11 bits per heavy atom. The number of thioether (sulfide) groups is 1. The zero-order valence-electron chi connectivity index (χ0n) is 16.9. The minimum Gasteiger partial charge on any atom is -0.387 e. The van der Waals surface area contributed by atoms with Gasteiger partial charge in [-0.2, -0.15) is 11.8 Å². The summed E-state index contributed by atoms with van der Waals surface area (Å²) in [6.45, 7) is 6.82. The first-order valence-electron chi connectivity index (χ1n) is 10.3. The molecule has 3 N–H and O–H groups in total. The Kier molecular flexibility index (Phi) is 7.24. The number of aliphatic hydroxyl groups is 1. The Balaban J connectivity index is 1.56. The van der Waals surface area contributed by atoms with Crippen LogP contribution in [0.15, 0.2) is 29.3 Å². The highest BCUT2D eigenvalue weighted by molar-refractivity contribution is 8.00. The second-order valence-corrected chi connectivity index (χ2v) is 8.93. The lowest BCUT2D eigenvalue weighted by Gasteiger charge is -2.45. The molecule has 0 radical (unpaired) electrons. The van der Waals surface area contributed by atoms with E-state index in [2.05, 4.69) is 22.5 Å². The Morgan fingerprint density at radius 1 is 1.32 bits per heavy atom. The number of guanidine groups is 1. The molecule has 2 aliphatic rings. The summed E-state index contributed by atoms with van der Waals surface area (Å²) in [6.07, 6.45) is 3.50. The van der Waals surface area contributed by atoms with Gasteiger partial charge in [-0.3, -0.25) is 4.79 Å². The number of nitrogens with zero attached hydrogens (tertiary/aromatic N) is 2. The van der Waals surface area contributed by atoms with E-state index in [4.69, 9.17) is 0 Å². The van der Waals surface area contributed by atoms with Gasteiger partial charge in [-0.25, -0.2) is 4.99 Å². The highest BCUT2D eigenvalue weighted by Crippen LogP contribution is 2.40. The molecule has 0 bridgehead atoms. The molecule has 154 valence electrons. The number of anilines is 1. The van der Waals surface area contributed by atoms with Crippen molar-refractivity contribution >= 4 is 29.3 Å². The number of hydrogen-bond acceptors (Lipinski definition) is 4. The molecule has 7 heteroatoms. The molecule has 3 rings (SSSR count). The summed E-state index contributed by atoms with van der Waals surface area (Å²) in [6, 6.07) is 8.05. The van der Waals surface area contributed by atoms with Crippen molar-refractivity contribution in [3.8, 4) is 0 Å². The van der Waals surface area contributed by atoms with Crippen LogP contribution in [-0.2, 0) is 11.3 Å². The smallest absolute Gasteiger partial charge is 0.227 e. The third kappa shape index (κ3) is 5.00. The molecule has 2 unspecified atom stereocenters. The minimum absolute atomic E-state index is 0.206. The van der Waals surface area contributed by atoms with Gasteiger partial charge >= 0.3 is 0 Å². The molecule has 1 aromatic carbocycles. The van der Waals surface area contributed by atoms with Gasteiger partial charge in [0.25, 0.3) is 0 Å². The maximum atomic E-state index is 11.9. The van der Waals surface area contributed by atoms with E-state index in [1.54, 1.807) is 0 Å². The first-order valence-corrected chi connectivity index (χ1v) is 11.4. The van der Waals surface area contributed by atoms with E-state index in [0.29, 0.717) is 24.8 Å². The van der Waals surface area contributed by atoms with Crippen molar-refractivity contribution in [2.75, 3.05) is 30.3 Å². The topological polar surface area (TPSA) is 77.0 Å². The van der Waals surface area contributed by atoms with Gasteiger partial charge in [0, 0.05) is 37.0 Å². The Hall–Kier alpha value is -1.73. The maximum Gasteiger partial charge on any atom is 0.227 e. The molecule has 1 aliphatic heterocycles. The van der Waals surface area contributed by atoms with Gasteiger partial charge < -0.3 is 20.6 Å². The summed E-state index contributed by atoms with van der Waals surface area (Å²) in [5, 5.41) is 17.6. The van der Waals surface area contributed by atoms with Crippen LogP contribution in [0.4, 0.5) is 5.69 Å². The van der Waals surface area contributed by atoms with Crippen molar-refractivity contribution in [3.05, 3.63) is 29.8 Å². The van der Waals surface area contributed by atoms with Crippen LogP contribution >= 0.6 is 11.8 Å². The Morgan fingerprint density at radius 3 is 2.68 bits per heavy atom. The molecule has 1 aliphatic carbocycles. The highest BCUT2D eigenvalue weighted by Gasteiger charge is 2.45. The molecular formula is C21H32N4O2S. The molecule has 6 nitrogen and oxygen atoms in total. The lowest BCUT2D eigenvalue weighted by molar-refractivity contribution is -0.117. The van der Waals surface area contributed by atoms with E-state index in [9.17, 15) is 9.90 Å². The van der Waals surface area contributed by atoms with E-state index in [-0.39, 0.29) is 5.91 Å². The lowest BCUT2D eigenvalue weighted by Crippen LogP contribution is -2.58. The Bertz CT molecular complexity index is 694. The largest absolute Gasteiger partial charge is 0.387 e. The highest BCUT2D eigenvalue weighted by atomic mass is 32.2. The van der Waals surface area contributed by atoms with Crippen LogP contribution in [0.2, 0.25) is 0 Å². The van der Waals surface area contributed by atoms with E-state index < -0.39 is 5.60 Å². The summed E-state index contributed by atoms with van der Waals surface area (Å²) in [5.74, 6) is 1.96. The van der Waals surface area contributed by atoms with Crippen molar-refractivity contribution < 1.29 is 9.90 Å². The molecule has 1 aromatic rings. The first kappa shape index (κ1) is 21.0. The zero-order chi connectivity index (χ0) is 20.0. The summed E-state index contributed by atoms with van der Waals surface area (Å²) in [5.41, 5.74) is 1.42. The third-order valence-corrected chi connectivity index (χ3v) is 6.86.